The second-order valence-electron chi connectivity index (χ2n) is 6.89. The number of rotatable bonds is 5. The molecule has 0 saturated carbocycles. The van der Waals surface area contributed by atoms with Crippen LogP contribution in [-0.4, -0.2) is 37.4 Å². The third-order valence-electron chi connectivity index (χ3n) is 4.74. The van der Waals surface area contributed by atoms with Crippen molar-refractivity contribution in [1.29, 1.82) is 0 Å². The van der Waals surface area contributed by atoms with Crippen LogP contribution >= 0.6 is 0 Å². The predicted octanol–water partition coefficient (Wildman–Crippen LogP) is 3.63. The molecule has 1 aromatic carbocycles. The molecule has 0 atom stereocenters. The van der Waals surface area contributed by atoms with Crippen molar-refractivity contribution in [2.45, 2.75) is 39.4 Å². The van der Waals surface area contributed by atoms with Gasteiger partial charge in [0.05, 0.1) is 0 Å². The van der Waals surface area contributed by atoms with E-state index in [0.29, 0.717) is 17.0 Å². The molecule has 0 radical (unpaired) electrons. The molecule has 3 aromatic rings. The van der Waals surface area contributed by atoms with Crippen molar-refractivity contribution in [2.24, 2.45) is 0 Å². The van der Waals surface area contributed by atoms with Gasteiger partial charge in [-0.25, -0.2) is 18.3 Å². The molecule has 0 bridgehead atoms. The first-order chi connectivity index (χ1) is 14.0. The average molecular weight is 427 g/mol. The number of hydrogen-bond acceptors (Lipinski definition) is 4. The van der Waals surface area contributed by atoms with Crippen LogP contribution in [-0.2, 0) is 23.9 Å². The first-order valence-corrected chi connectivity index (χ1v) is 8.95. The lowest BCUT2D eigenvalue weighted by Crippen LogP contribution is -2.27. The summed E-state index contributed by atoms with van der Waals surface area (Å²) in [6.45, 7) is 3.15. The summed E-state index contributed by atoms with van der Waals surface area (Å²) in [7, 11) is 1.49. The molecule has 0 aliphatic carbocycles. The Kier molecular flexibility index (Phi) is 5.73. The van der Waals surface area contributed by atoms with Gasteiger partial charge in [-0.05, 0) is 31.9 Å². The molecule has 0 spiro atoms. The van der Waals surface area contributed by atoms with Gasteiger partial charge >= 0.3 is 6.18 Å². The van der Waals surface area contributed by atoms with Crippen molar-refractivity contribution < 1.29 is 26.7 Å². The Labute approximate surface area is 168 Å². The molecule has 0 unspecified atom stereocenters. The summed E-state index contributed by atoms with van der Waals surface area (Å²) in [6.07, 6.45) is -4.46. The van der Waals surface area contributed by atoms with Crippen LogP contribution in [0.15, 0.2) is 18.2 Å². The third kappa shape index (κ3) is 4.39. The quantitative estimate of drug-likeness (QED) is 0.584. The number of halogens is 5. The Morgan fingerprint density at radius 2 is 1.87 bits per heavy atom. The Hall–Kier alpha value is -3.11. The van der Waals surface area contributed by atoms with E-state index in [2.05, 4.69) is 15.1 Å². The summed E-state index contributed by atoms with van der Waals surface area (Å²) < 4.78 is 66.4. The van der Waals surface area contributed by atoms with Crippen molar-refractivity contribution in [1.82, 2.24) is 24.5 Å². The molecule has 11 heteroatoms. The molecular weight excluding hydrogens is 409 g/mol. The monoisotopic (exact) mass is 427 g/mol. The highest BCUT2D eigenvalue weighted by Crippen LogP contribution is 2.27. The van der Waals surface area contributed by atoms with Crippen LogP contribution in [0.4, 0.5) is 22.0 Å². The van der Waals surface area contributed by atoms with Crippen molar-refractivity contribution in [3.63, 3.8) is 0 Å². The van der Waals surface area contributed by atoms with E-state index in [1.165, 1.54) is 18.0 Å². The van der Waals surface area contributed by atoms with Gasteiger partial charge in [0.25, 0.3) is 11.6 Å². The Balaban J connectivity index is 1.75. The molecule has 1 amide bonds. The Morgan fingerprint density at radius 1 is 1.17 bits per heavy atom. The van der Waals surface area contributed by atoms with E-state index < -0.39 is 23.6 Å². The third-order valence-corrected chi connectivity index (χ3v) is 4.74. The van der Waals surface area contributed by atoms with Gasteiger partial charge in [-0.15, -0.1) is 5.10 Å². The summed E-state index contributed by atoms with van der Waals surface area (Å²) in [5, 5.41) is 3.47. The fraction of sp³-hybridized carbons (Fsp3) is 0.368. The largest absolute Gasteiger partial charge is 0.453 e. The highest BCUT2D eigenvalue weighted by Gasteiger charge is 2.37. The van der Waals surface area contributed by atoms with Gasteiger partial charge in [0.1, 0.15) is 11.6 Å². The second kappa shape index (κ2) is 7.96. The minimum atomic E-state index is -4.69. The first-order valence-electron chi connectivity index (χ1n) is 8.95. The van der Waals surface area contributed by atoms with Crippen LogP contribution in [0.5, 0.6) is 0 Å². The summed E-state index contributed by atoms with van der Waals surface area (Å²) in [4.78, 5) is 21.2. The van der Waals surface area contributed by atoms with Crippen LogP contribution in [0.2, 0.25) is 0 Å². The number of alkyl halides is 3. The normalized spacial score (nSPS) is 11.9. The molecule has 0 saturated heterocycles. The summed E-state index contributed by atoms with van der Waals surface area (Å²) >= 11 is 0. The molecule has 3 rings (SSSR count). The van der Waals surface area contributed by atoms with Crippen LogP contribution < -0.4 is 0 Å². The first kappa shape index (κ1) is 21.6. The molecule has 30 heavy (non-hydrogen) atoms. The topological polar surface area (TPSA) is 63.4 Å². The number of amides is 1. The molecule has 6 nitrogen and oxygen atoms in total. The highest BCUT2D eigenvalue weighted by molar-refractivity contribution is 5.76. The van der Waals surface area contributed by atoms with E-state index in [-0.39, 0.29) is 36.6 Å². The molecule has 0 fully saturated rings. The van der Waals surface area contributed by atoms with Crippen LogP contribution in [0.25, 0.3) is 5.78 Å². The van der Waals surface area contributed by atoms with Gasteiger partial charge in [-0.1, -0.05) is 6.07 Å². The van der Waals surface area contributed by atoms with Gasteiger partial charge in [0, 0.05) is 43.0 Å². The molecule has 2 aromatic heterocycles. The number of aryl methyl sites for hydroxylation is 2. The second-order valence-corrected chi connectivity index (χ2v) is 6.89. The van der Waals surface area contributed by atoms with Crippen LogP contribution in [0.3, 0.4) is 0 Å². The molecule has 0 aliphatic rings. The predicted molar refractivity (Wildman–Crippen MR) is 96.4 cm³/mol. The number of carbonyl (C=O) groups is 1. The van der Waals surface area contributed by atoms with Gasteiger partial charge in [-0.2, -0.15) is 18.2 Å². The van der Waals surface area contributed by atoms with E-state index in [4.69, 9.17) is 0 Å². The number of carbonyl (C=O) groups excluding carboxylic acids is 1. The molecule has 0 N–H and O–H groups in total. The molecule has 0 aliphatic heterocycles. The lowest BCUT2D eigenvalue weighted by Gasteiger charge is -2.18. The van der Waals surface area contributed by atoms with Crippen molar-refractivity contribution >= 4 is 11.7 Å². The molecule has 160 valence electrons. The lowest BCUT2D eigenvalue weighted by molar-refractivity contribution is -0.144. The maximum absolute atomic E-state index is 13.8. The fourth-order valence-corrected chi connectivity index (χ4v) is 3.11. The summed E-state index contributed by atoms with van der Waals surface area (Å²) in [6, 6.07) is 3.12. The maximum Gasteiger partial charge on any atom is 0.453 e. The fourth-order valence-electron chi connectivity index (χ4n) is 3.11. The smallest absolute Gasteiger partial charge is 0.341 e. The molecular formula is C19H18F5N5O. The lowest BCUT2D eigenvalue weighted by atomic mass is 10.1. The number of hydrogen-bond donors (Lipinski definition) is 0. The molecule has 2 heterocycles. The zero-order valence-corrected chi connectivity index (χ0v) is 16.4. The van der Waals surface area contributed by atoms with E-state index in [0.717, 1.165) is 16.6 Å². The zero-order chi connectivity index (χ0) is 22.2. The van der Waals surface area contributed by atoms with Gasteiger partial charge in [0.15, 0.2) is 0 Å². The van der Waals surface area contributed by atoms with Crippen LogP contribution in [0, 0.1) is 25.5 Å². The summed E-state index contributed by atoms with van der Waals surface area (Å²) in [5.74, 6) is -3.22. The van der Waals surface area contributed by atoms with Crippen molar-refractivity contribution in [3.05, 3.63) is 58.2 Å². The van der Waals surface area contributed by atoms with E-state index in [1.807, 2.05) is 0 Å². The van der Waals surface area contributed by atoms with Gasteiger partial charge in [-0.3, -0.25) is 4.79 Å². The minimum Gasteiger partial charge on any atom is -0.341 e. The van der Waals surface area contributed by atoms with Gasteiger partial charge < -0.3 is 4.90 Å². The number of aromatic nitrogens is 4. The Bertz CT molecular complexity index is 1110. The SMILES string of the molecule is Cc1nc2nc(C(F)(F)F)nn2c(C)c1CCC(=O)N(C)Cc1ccc(F)cc1F. The van der Waals surface area contributed by atoms with Crippen molar-refractivity contribution in [2.75, 3.05) is 7.05 Å². The number of benzene rings is 1. The van der Waals surface area contributed by atoms with Crippen LogP contribution in [0.1, 0.15) is 34.8 Å². The maximum atomic E-state index is 13.8. The van der Waals surface area contributed by atoms with Gasteiger partial charge in [0.2, 0.25) is 5.91 Å². The van der Waals surface area contributed by atoms with Crippen molar-refractivity contribution in [3.8, 4) is 0 Å². The number of fused-ring (bicyclic) bond motifs is 1. The minimum absolute atomic E-state index is 0.0228. The zero-order valence-electron chi connectivity index (χ0n) is 16.4. The standard InChI is InChI=1S/C19H18F5N5O/c1-10-14(11(2)29-18(25-10)26-17(27-29)19(22,23)24)6-7-16(30)28(3)9-12-4-5-13(20)8-15(12)21/h4-5,8H,6-7,9H2,1-3H3. The van der Waals surface area contributed by atoms with E-state index >= 15 is 0 Å². The van der Waals surface area contributed by atoms with E-state index in [9.17, 15) is 26.7 Å². The Morgan fingerprint density at radius 3 is 2.50 bits per heavy atom. The van der Waals surface area contributed by atoms with E-state index in [1.54, 1.807) is 13.8 Å². The highest BCUT2D eigenvalue weighted by atomic mass is 19.4. The summed E-state index contributed by atoms with van der Waals surface area (Å²) in [5.41, 5.74) is 1.60. The average Bonchev–Trinajstić information content (AvgIpc) is 3.08. The number of nitrogens with zero attached hydrogens (tertiary/aromatic N) is 5.